The van der Waals surface area contributed by atoms with E-state index in [1.54, 1.807) is 12.4 Å². The monoisotopic (exact) mass is 301 g/mol. The summed E-state index contributed by atoms with van der Waals surface area (Å²) in [5, 5.41) is 3.37. The number of benzene rings is 1. The highest BCUT2D eigenvalue weighted by Gasteiger charge is 2.08. The Bertz CT molecular complexity index is 916. The first-order valence-electron chi connectivity index (χ1n) is 7.42. The van der Waals surface area contributed by atoms with Crippen molar-refractivity contribution in [2.75, 3.05) is 5.32 Å². The summed E-state index contributed by atoms with van der Waals surface area (Å²) in [6.45, 7) is 0.654. The number of imidazole rings is 1. The van der Waals surface area contributed by atoms with Gasteiger partial charge in [0.2, 0.25) is 0 Å². The van der Waals surface area contributed by atoms with Gasteiger partial charge in [-0.3, -0.25) is 4.98 Å². The van der Waals surface area contributed by atoms with Gasteiger partial charge in [0.05, 0.1) is 5.69 Å². The summed E-state index contributed by atoms with van der Waals surface area (Å²) in [5.74, 6) is 0.764. The van der Waals surface area contributed by atoms with Crippen LogP contribution >= 0.6 is 0 Å². The molecule has 3 aromatic heterocycles. The van der Waals surface area contributed by atoms with Gasteiger partial charge in [0.15, 0.2) is 11.5 Å². The van der Waals surface area contributed by atoms with E-state index < -0.39 is 0 Å². The minimum absolute atomic E-state index is 0.654. The number of hydrogen-bond donors (Lipinski definition) is 1. The number of pyridine rings is 1. The third-order valence-corrected chi connectivity index (χ3v) is 3.63. The SMILES string of the molecule is c1ccc(-c2cn3ccnc3c(NCc3cccnc3)n2)cc1. The van der Waals surface area contributed by atoms with E-state index in [9.17, 15) is 0 Å². The van der Waals surface area contributed by atoms with Crippen LogP contribution in [-0.2, 0) is 6.54 Å². The Morgan fingerprint density at radius 3 is 2.74 bits per heavy atom. The zero-order valence-electron chi connectivity index (χ0n) is 12.4. The molecule has 3 heterocycles. The van der Waals surface area contributed by atoms with Crippen LogP contribution in [0.5, 0.6) is 0 Å². The van der Waals surface area contributed by atoms with Crippen molar-refractivity contribution >= 4 is 11.5 Å². The highest BCUT2D eigenvalue weighted by Crippen LogP contribution is 2.22. The zero-order valence-corrected chi connectivity index (χ0v) is 12.4. The number of nitrogens with one attached hydrogen (secondary N) is 1. The fourth-order valence-corrected chi connectivity index (χ4v) is 2.49. The molecule has 0 atom stereocenters. The van der Waals surface area contributed by atoms with Crippen LogP contribution in [0.2, 0.25) is 0 Å². The Hall–Kier alpha value is -3.21. The van der Waals surface area contributed by atoms with Crippen molar-refractivity contribution < 1.29 is 0 Å². The van der Waals surface area contributed by atoms with E-state index in [0.717, 1.165) is 28.3 Å². The molecule has 5 heteroatoms. The molecule has 0 saturated heterocycles. The summed E-state index contributed by atoms with van der Waals surface area (Å²) in [6.07, 6.45) is 9.31. The van der Waals surface area contributed by atoms with E-state index in [2.05, 4.69) is 27.4 Å². The first-order valence-corrected chi connectivity index (χ1v) is 7.42. The first-order chi connectivity index (χ1) is 11.4. The van der Waals surface area contributed by atoms with Gasteiger partial charge in [0.1, 0.15) is 0 Å². The number of nitrogens with zero attached hydrogens (tertiary/aromatic N) is 4. The first kappa shape index (κ1) is 13.5. The van der Waals surface area contributed by atoms with Gasteiger partial charge in [-0.1, -0.05) is 36.4 Å². The Labute approximate surface area is 133 Å². The topological polar surface area (TPSA) is 55.1 Å². The van der Waals surface area contributed by atoms with Crippen LogP contribution in [-0.4, -0.2) is 19.4 Å². The van der Waals surface area contributed by atoms with Crippen LogP contribution in [0.3, 0.4) is 0 Å². The lowest BCUT2D eigenvalue weighted by atomic mass is 10.2. The van der Waals surface area contributed by atoms with Crippen molar-refractivity contribution in [1.82, 2.24) is 19.4 Å². The Morgan fingerprint density at radius 1 is 1.00 bits per heavy atom. The Balaban J connectivity index is 1.71. The maximum Gasteiger partial charge on any atom is 0.180 e. The number of rotatable bonds is 4. The number of anilines is 1. The summed E-state index contributed by atoms with van der Waals surface area (Å²) in [6, 6.07) is 14.1. The third kappa shape index (κ3) is 2.76. The van der Waals surface area contributed by atoms with Gasteiger partial charge in [-0.05, 0) is 11.6 Å². The molecule has 112 valence electrons. The highest BCUT2D eigenvalue weighted by atomic mass is 15.1. The van der Waals surface area contributed by atoms with Crippen molar-refractivity contribution in [3.63, 3.8) is 0 Å². The molecule has 0 saturated carbocycles. The molecule has 0 unspecified atom stereocenters. The van der Waals surface area contributed by atoms with Gasteiger partial charge in [-0.25, -0.2) is 9.97 Å². The van der Waals surface area contributed by atoms with Gasteiger partial charge in [0, 0.05) is 43.1 Å². The molecule has 0 amide bonds. The normalized spacial score (nSPS) is 10.8. The lowest BCUT2D eigenvalue weighted by Crippen LogP contribution is -2.05. The standard InChI is InChI=1S/C18H15N5/c1-2-6-15(7-3-1)16-13-23-10-9-20-18(23)17(22-16)21-12-14-5-4-8-19-11-14/h1-11,13H,12H2,(H,21,22). The van der Waals surface area contributed by atoms with Gasteiger partial charge in [-0.15, -0.1) is 0 Å². The van der Waals surface area contributed by atoms with Gasteiger partial charge < -0.3 is 9.72 Å². The van der Waals surface area contributed by atoms with Crippen LogP contribution in [0.25, 0.3) is 16.9 Å². The van der Waals surface area contributed by atoms with Crippen LogP contribution in [0, 0.1) is 0 Å². The van der Waals surface area contributed by atoms with Crippen molar-refractivity contribution in [2.24, 2.45) is 0 Å². The van der Waals surface area contributed by atoms with E-state index >= 15 is 0 Å². The average Bonchev–Trinajstić information content (AvgIpc) is 3.10. The maximum atomic E-state index is 4.74. The predicted molar refractivity (Wildman–Crippen MR) is 90.0 cm³/mol. The van der Waals surface area contributed by atoms with E-state index in [1.807, 2.05) is 53.3 Å². The summed E-state index contributed by atoms with van der Waals surface area (Å²) in [5.41, 5.74) is 3.90. The lowest BCUT2D eigenvalue weighted by Gasteiger charge is -2.10. The molecule has 0 fully saturated rings. The van der Waals surface area contributed by atoms with Crippen LogP contribution in [0.4, 0.5) is 5.82 Å². The molecular weight excluding hydrogens is 286 g/mol. The fourth-order valence-electron chi connectivity index (χ4n) is 2.49. The molecule has 0 bridgehead atoms. The van der Waals surface area contributed by atoms with Crippen molar-refractivity contribution in [2.45, 2.75) is 6.54 Å². The second-order valence-electron chi connectivity index (χ2n) is 5.21. The van der Waals surface area contributed by atoms with E-state index in [4.69, 9.17) is 4.98 Å². The number of aromatic nitrogens is 4. The number of hydrogen-bond acceptors (Lipinski definition) is 4. The molecule has 0 aliphatic rings. The van der Waals surface area contributed by atoms with Crippen molar-refractivity contribution in [3.8, 4) is 11.3 Å². The Morgan fingerprint density at radius 2 is 1.91 bits per heavy atom. The highest BCUT2D eigenvalue weighted by molar-refractivity contribution is 5.69. The Kier molecular flexibility index (Phi) is 3.44. The minimum atomic E-state index is 0.654. The van der Waals surface area contributed by atoms with Gasteiger partial charge in [0.25, 0.3) is 0 Å². The van der Waals surface area contributed by atoms with E-state index in [0.29, 0.717) is 6.54 Å². The molecule has 1 N–H and O–H groups in total. The molecule has 0 radical (unpaired) electrons. The second-order valence-corrected chi connectivity index (χ2v) is 5.21. The molecular formula is C18H15N5. The van der Waals surface area contributed by atoms with Crippen molar-refractivity contribution in [1.29, 1.82) is 0 Å². The lowest BCUT2D eigenvalue weighted by molar-refractivity contribution is 1.06. The average molecular weight is 301 g/mol. The van der Waals surface area contributed by atoms with Crippen molar-refractivity contribution in [3.05, 3.63) is 79.0 Å². The van der Waals surface area contributed by atoms with E-state index in [1.165, 1.54) is 0 Å². The summed E-state index contributed by atoms with van der Waals surface area (Å²) < 4.78 is 1.99. The predicted octanol–water partition coefficient (Wildman–Crippen LogP) is 3.40. The molecule has 23 heavy (non-hydrogen) atoms. The number of fused-ring (bicyclic) bond motifs is 1. The van der Waals surface area contributed by atoms with Crippen LogP contribution in [0.1, 0.15) is 5.56 Å². The molecule has 5 nitrogen and oxygen atoms in total. The summed E-state index contributed by atoms with van der Waals surface area (Å²) >= 11 is 0. The quantitative estimate of drug-likeness (QED) is 0.627. The molecule has 0 spiro atoms. The van der Waals surface area contributed by atoms with E-state index in [-0.39, 0.29) is 0 Å². The van der Waals surface area contributed by atoms with Crippen LogP contribution in [0.15, 0.2) is 73.4 Å². The fraction of sp³-hybridized carbons (Fsp3) is 0.0556. The van der Waals surface area contributed by atoms with Gasteiger partial charge >= 0.3 is 0 Å². The summed E-state index contributed by atoms with van der Waals surface area (Å²) in [4.78, 5) is 13.3. The largest absolute Gasteiger partial charge is 0.363 e. The molecule has 0 aliphatic heterocycles. The maximum absolute atomic E-state index is 4.74. The third-order valence-electron chi connectivity index (χ3n) is 3.63. The zero-order chi connectivity index (χ0) is 15.5. The smallest absolute Gasteiger partial charge is 0.180 e. The minimum Gasteiger partial charge on any atom is -0.363 e. The molecule has 1 aromatic carbocycles. The molecule has 0 aliphatic carbocycles. The molecule has 4 rings (SSSR count). The van der Waals surface area contributed by atoms with Crippen LogP contribution < -0.4 is 5.32 Å². The second kappa shape index (κ2) is 5.88. The summed E-state index contributed by atoms with van der Waals surface area (Å²) in [7, 11) is 0. The molecule has 4 aromatic rings. The van der Waals surface area contributed by atoms with Gasteiger partial charge in [-0.2, -0.15) is 0 Å².